The molecule has 5 nitrogen and oxygen atoms in total. The number of para-hydroxylation sites is 2. The fourth-order valence-electron chi connectivity index (χ4n) is 3.09. The molecule has 1 atom stereocenters. The summed E-state index contributed by atoms with van der Waals surface area (Å²) in [5.74, 6) is -0.439. The average molecular weight is 403 g/mol. The van der Waals surface area contributed by atoms with Crippen LogP contribution in [0.25, 0.3) is 0 Å². The maximum atomic E-state index is 13.1. The smallest absolute Gasteiger partial charge is 0.339 e. The van der Waals surface area contributed by atoms with Gasteiger partial charge < -0.3 is 14.8 Å². The van der Waals surface area contributed by atoms with E-state index in [1.807, 2.05) is 39.0 Å². The molecule has 0 unspecified atom stereocenters. The van der Waals surface area contributed by atoms with E-state index in [9.17, 15) is 9.59 Å². The van der Waals surface area contributed by atoms with Crippen LogP contribution in [0.3, 0.4) is 0 Å². The number of hydrogen-bond acceptors (Lipinski definition) is 4. The van der Waals surface area contributed by atoms with Gasteiger partial charge in [0.2, 0.25) is 6.10 Å². The van der Waals surface area contributed by atoms with Crippen LogP contribution in [-0.4, -0.2) is 18.5 Å². The first-order valence-corrected chi connectivity index (χ1v) is 9.86. The maximum Gasteiger partial charge on any atom is 0.339 e. The fraction of sp³-hybridized carbons (Fsp3) is 0.200. The highest BCUT2D eigenvalue weighted by Crippen LogP contribution is 2.27. The van der Waals surface area contributed by atoms with Crippen LogP contribution in [0.4, 0.5) is 5.69 Å². The lowest BCUT2D eigenvalue weighted by Gasteiger charge is -2.20. The highest BCUT2D eigenvalue weighted by Gasteiger charge is 2.27. The lowest BCUT2D eigenvalue weighted by atomic mass is 10.0. The second-order valence-electron chi connectivity index (χ2n) is 6.86. The molecule has 0 saturated heterocycles. The number of amides is 1. The Kier molecular flexibility index (Phi) is 6.86. The number of benzene rings is 3. The van der Waals surface area contributed by atoms with Crippen molar-refractivity contribution in [2.24, 2.45) is 0 Å². The Morgan fingerprint density at radius 1 is 0.900 bits per heavy atom. The summed E-state index contributed by atoms with van der Waals surface area (Å²) in [6, 6.07) is 21.6. The summed E-state index contributed by atoms with van der Waals surface area (Å²) in [4.78, 5) is 26.0. The van der Waals surface area contributed by atoms with E-state index in [2.05, 4.69) is 5.32 Å². The highest BCUT2D eigenvalue weighted by atomic mass is 16.5. The molecule has 3 aromatic carbocycles. The van der Waals surface area contributed by atoms with E-state index in [1.165, 1.54) is 0 Å². The van der Waals surface area contributed by atoms with Crippen molar-refractivity contribution in [2.75, 3.05) is 11.9 Å². The molecule has 0 bridgehead atoms. The summed E-state index contributed by atoms with van der Waals surface area (Å²) in [7, 11) is 0. The number of carbonyl (C=O) groups excluding carboxylic acids is 2. The first-order chi connectivity index (χ1) is 14.5. The SMILES string of the molecule is CCOc1ccccc1NC(=O)[C@@H](OC(=O)c1cccc(C)c1C)c1ccccc1. The van der Waals surface area contributed by atoms with Crippen molar-refractivity contribution in [3.8, 4) is 5.75 Å². The molecule has 0 radical (unpaired) electrons. The third kappa shape index (κ3) is 4.87. The largest absolute Gasteiger partial charge is 0.492 e. The molecule has 1 N–H and O–H groups in total. The van der Waals surface area contributed by atoms with Gasteiger partial charge in [-0.1, -0.05) is 54.6 Å². The molecule has 0 aliphatic carbocycles. The fourth-order valence-corrected chi connectivity index (χ4v) is 3.09. The molecule has 5 heteroatoms. The number of nitrogens with one attached hydrogen (secondary N) is 1. The Bertz CT molecular complexity index is 1030. The van der Waals surface area contributed by atoms with Crippen molar-refractivity contribution >= 4 is 17.6 Å². The van der Waals surface area contributed by atoms with Crippen LogP contribution in [0, 0.1) is 13.8 Å². The minimum absolute atomic E-state index is 0.443. The average Bonchev–Trinajstić information content (AvgIpc) is 2.76. The molecule has 0 aromatic heterocycles. The van der Waals surface area contributed by atoms with Gasteiger partial charge in [-0.25, -0.2) is 4.79 Å². The van der Waals surface area contributed by atoms with Crippen LogP contribution >= 0.6 is 0 Å². The first kappa shape index (κ1) is 21.1. The topological polar surface area (TPSA) is 64.6 Å². The third-order valence-corrected chi connectivity index (χ3v) is 4.83. The van der Waals surface area contributed by atoms with Gasteiger partial charge in [-0.2, -0.15) is 0 Å². The molecule has 0 heterocycles. The Labute approximate surface area is 176 Å². The van der Waals surface area contributed by atoms with Crippen molar-refractivity contribution in [1.82, 2.24) is 0 Å². The van der Waals surface area contributed by atoms with Crippen LogP contribution in [0.2, 0.25) is 0 Å². The molecule has 0 fully saturated rings. The van der Waals surface area contributed by atoms with Gasteiger partial charge >= 0.3 is 5.97 Å². The van der Waals surface area contributed by atoms with Gasteiger partial charge in [0.1, 0.15) is 5.75 Å². The monoisotopic (exact) mass is 403 g/mol. The molecule has 1 amide bonds. The van der Waals surface area contributed by atoms with Gasteiger partial charge in [-0.05, 0) is 50.1 Å². The number of aryl methyl sites for hydroxylation is 1. The van der Waals surface area contributed by atoms with E-state index < -0.39 is 18.0 Å². The molecule has 3 aromatic rings. The molecular formula is C25H25NO4. The van der Waals surface area contributed by atoms with Gasteiger partial charge in [-0.3, -0.25) is 4.79 Å². The van der Waals surface area contributed by atoms with Gasteiger partial charge in [0.05, 0.1) is 17.9 Å². The van der Waals surface area contributed by atoms with E-state index in [1.54, 1.807) is 54.6 Å². The molecule has 0 aliphatic heterocycles. The Morgan fingerprint density at radius 2 is 1.60 bits per heavy atom. The second kappa shape index (κ2) is 9.74. The molecule has 3 rings (SSSR count). The maximum absolute atomic E-state index is 13.1. The first-order valence-electron chi connectivity index (χ1n) is 9.86. The summed E-state index contributed by atoms with van der Waals surface area (Å²) in [5.41, 5.74) is 3.36. The molecule has 30 heavy (non-hydrogen) atoms. The Hall–Kier alpha value is -3.60. The van der Waals surface area contributed by atoms with Crippen molar-refractivity contribution in [3.05, 3.63) is 95.1 Å². The normalized spacial score (nSPS) is 11.4. The number of anilines is 1. The summed E-state index contributed by atoms with van der Waals surface area (Å²) in [6.45, 7) is 6.13. The predicted molar refractivity (Wildman–Crippen MR) is 117 cm³/mol. The summed E-state index contributed by atoms with van der Waals surface area (Å²) >= 11 is 0. The van der Waals surface area contributed by atoms with Crippen LogP contribution in [0.15, 0.2) is 72.8 Å². The Balaban J connectivity index is 1.89. The predicted octanol–water partition coefficient (Wildman–Crippen LogP) is 5.24. The molecule has 0 saturated carbocycles. The zero-order valence-corrected chi connectivity index (χ0v) is 17.3. The zero-order valence-electron chi connectivity index (χ0n) is 17.3. The number of carbonyl (C=O) groups is 2. The van der Waals surface area contributed by atoms with Crippen molar-refractivity contribution in [3.63, 3.8) is 0 Å². The van der Waals surface area contributed by atoms with Gasteiger partial charge in [0, 0.05) is 5.56 Å². The van der Waals surface area contributed by atoms with Gasteiger partial charge in [-0.15, -0.1) is 0 Å². The molecule has 0 aliphatic rings. The standard InChI is InChI=1S/C25H25NO4/c1-4-29-22-16-9-8-15-21(22)26-24(27)23(19-12-6-5-7-13-19)30-25(28)20-14-10-11-17(2)18(20)3/h5-16,23H,4H2,1-3H3,(H,26,27)/t23-/m0/s1. The van der Waals surface area contributed by atoms with Crippen molar-refractivity contribution in [1.29, 1.82) is 0 Å². The van der Waals surface area contributed by atoms with Crippen LogP contribution < -0.4 is 10.1 Å². The minimum atomic E-state index is -1.10. The van der Waals surface area contributed by atoms with Crippen molar-refractivity contribution < 1.29 is 19.1 Å². The second-order valence-corrected chi connectivity index (χ2v) is 6.86. The molecular weight excluding hydrogens is 378 g/mol. The lowest BCUT2D eigenvalue weighted by Crippen LogP contribution is -2.26. The summed E-state index contributed by atoms with van der Waals surface area (Å²) in [5, 5.41) is 2.84. The van der Waals surface area contributed by atoms with Crippen LogP contribution in [0.5, 0.6) is 5.75 Å². The van der Waals surface area contributed by atoms with Crippen molar-refractivity contribution in [2.45, 2.75) is 26.9 Å². The minimum Gasteiger partial charge on any atom is -0.492 e. The number of rotatable bonds is 7. The quantitative estimate of drug-likeness (QED) is 0.548. The number of esters is 1. The molecule has 0 spiro atoms. The zero-order chi connectivity index (χ0) is 21.5. The van der Waals surface area contributed by atoms with E-state index >= 15 is 0 Å². The van der Waals surface area contributed by atoms with E-state index in [-0.39, 0.29) is 0 Å². The third-order valence-electron chi connectivity index (χ3n) is 4.83. The Morgan fingerprint density at radius 3 is 2.33 bits per heavy atom. The summed E-state index contributed by atoms with van der Waals surface area (Å²) in [6.07, 6.45) is -1.10. The van der Waals surface area contributed by atoms with E-state index in [4.69, 9.17) is 9.47 Å². The van der Waals surface area contributed by atoms with E-state index in [0.717, 1.165) is 11.1 Å². The van der Waals surface area contributed by atoms with Gasteiger partial charge in [0.25, 0.3) is 5.91 Å². The highest BCUT2D eigenvalue weighted by molar-refractivity contribution is 5.99. The van der Waals surface area contributed by atoms with Gasteiger partial charge in [0.15, 0.2) is 0 Å². The van der Waals surface area contributed by atoms with Crippen LogP contribution in [-0.2, 0) is 9.53 Å². The summed E-state index contributed by atoms with van der Waals surface area (Å²) < 4.78 is 11.3. The van der Waals surface area contributed by atoms with E-state index in [0.29, 0.717) is 29.2 Å². The molecule has 154 valence electrons. The lowest BCUT2D eigenvalue weighted by molar-refractivity contribution is -0.125. The number of ether oxygens (including phenoxy) is 2. The van der Waals surface area contributed by atoms with Crippen LogP contribution in [0.1, 0.15) is 40.1 Å². The number of hydrogen-bond donors (Lipinski definition) is 1.